The minimum absolute atomic E-state index is 0.0291. The number of furan rings is 1. The predicted molar refractivity (Wildman–Crippen MR) is 73.3 cm³/mol. The molecule has 0 aliphatic heterocycles. The number of hydrogen-bond donors (Lipinski definition) is 1. The lowest BCUT2D eigenvalue weighted by atomic mass is 10.1. The van der Waals surface area contributed by atoms with Gasteiger partial charge in [-0.3, -0.25) is 4.90 Å². The van der Waals surface area contributed by atoms with Crippen LogP contribution in [0.15, 0.2) is 16.5 Å². The van der Waals surface area contributed by atoms with Gasteiger partial charge in [-0.2, -0.15) is 0 Å². The maximum atomic E-state index is 10.9. The van der Waals surface area contributed by atoms with Gasteiger partial charge in [0.15, 0.2) is 0 Å². The Morgan fingerprint density at radius 3 is 2.58 bits per heavy atom. The highest BCUT2D eigenvalue weighted by Crippen LogP contribution is 2.35. The van der Waals surface area contributed by atoms with Gasteiger partial charge in [-0.15, -0.1) is 0 Å². The Bertz CT molecular complexity index is 434. The van der Waals surface area contributed by atoms with E-state index in [2.05, 4.69) is 25.7 Å². The third kappa shape index (κ3) is 3.60. The molecule has 1 atom stereocenters. The van der Waals surface area contributed by atoms with Crippen LogP contribution in [0.4, 0.5) is 0 Å². The van der Waals surface area contributed by atoms with Crippen LogP contribution >= 0.6 is 0 Å². The fraction of sp³-hybridized carbons (Fsp3) is 0.667. The van der Waals surface area contributed by atoms with E-state index in [0.717, 1.165) is 18.7 Å². The maximum absolute atomic E-state index is 10.9. The summed E-state index contributed by atoms with van der Waals surface area (Å²) in [6, 6.07) is 4.13. The Labute approximate surface area is 114 Å². The van der Waals surface area contributed by atoms with Gasteiger partial charge in [0.25, 0.3) is 0 Å². The Morgan fingerprint density at radius 2 is 2.11 bits per heavy atom. The van der Waals surface area contributed by atoms with E-state index in [4.69, 9.17) is 9.52 Å². The molecule has 0 spiro atoms. The normalized spacial score (nSPS) is 17.1. The zero-order valence-electron chi connectivity index (χ0n) is 11.9. The van der Waals surface area contributed by atoms with Gasteiger partial charge < -0.3 is 9.52 Å². The van der Waals surface area contributed by atoms with Crippen LogP contribution in [0.2, 0.25) is 0 Å². The number of hydrogen-bond acceptors (Lipinski definition) is 3. The highest BCUT2D eigenvalue weighted by molar-refractivity contribution is 5.84. The molecule has 0 aromatic carbocycles. The van der Waals surface area contributed by atoms with Gasteiger partial charge in [0.05, 0.1) is 6.04 Å². The van der Waals surface area contributed by atoms with Crippen LogP contribution in [0, 0.1) is 5.92 Å². The first-order chi connectivity index (χ1) is 8.99. The molecule has 4 heteroatoms. The monoisotopic (exact) mass is 265 g/mol. The van der Waals surface area contributed by atoms with Crippen LogP contribution in [0.1, 0.15) is 62.4 Å². The lowest BCUT2D eigenvalue weighted by Gasteiger charge is -2.28. The van der Waals surface area contributed by atoms with Crippen molar-refractivity contribution in [2.45, 2.75) is 52.1 Å². The summed E-state index contributed by atoms with van der Waals surface area (Å²) in [6.07, 6.45) is 3.65. The van der Waals surface area contributed by atoms with E-state index in [1.807, 2.05) is 0 Å². The first-order valence-corrected chi connectivity index (χ1v) is 7.07. The Hall–Kier alpha value is -1.29. The molecule has 1 aromatic heterocycles. The molecule has 1 fully saturated rings. The van der Waals surface area contributed by atoms with Crippen molar-refractivity contribution in [3.8, 4) is 0 Å². The predicted octanol–water partition coefficient (Wildman–Crippen LogP) is 3.55. The molecule has 1 N–H and O–H groups in total. The minimum Gasteiger partial charge on any atom is -0.475 e. The SMILES string of the molecule is CC(C)CCN(C1CC1)C(C)c1ccc(C(=O)O)o1. The molecule has 0 bridgehead atoms. The molecule has 1 aromatic rings. The fourth-order valence-electron chi connectivity index (χ4n) is 2.36. The summed E-state index contributed by atoms with van der Waals surface area (Å²) >= 11 is 0. The van der Waals surface area contributed by atoms with Gasteiger partial charge in [-0.05, 0) is 50.8 Å². The van der Waals surface area contributed by atoms with Gasteiger partial charge in [0, 0.05) is 6.04 Å². The first kappa shape index (κ1) is 14.1. The van der Waals surface area contributed by atoms with Crippen molar-refractivity contribution in [2.75, 3.05) is 6.54 Å². The van der Waals surface area contributed by atoms with E-state index in [9.17, 15) is 4.79 Å². The van der Waals surface area contributed by atoms with Crippen molar-refractivity contribution in [1.29, 1.82) is 0 Å². The van der Waals surface area contributed by atoms with E-state index in [1.54, 1.807) is 12.1 Å². The molecule has 1 saturated carbocycles. The number of nitrogens with zero attached hydrogens (tertiary/aromatic N) is 1. The van der Waals surface area contributed by atoms with Crippen molar-refractivity contribution in [3.05, 3.63) is 23.7 Å². The number of carbonyl (C=O) groups is 1. The van der Waals surface area contributed by atoms with Crippen LogP contribution in [0.25, 0.3) is 0 Å². The molecule has 1 aliphatic carbocycles. The van der Waals surface area contributed by atoms with Crippen molar-refractivity contribution in [3.63, 3.8) is 0 Å². The molecule has 2 rings (SSSR count). The topological polar surface area (TPSA) is 53.7 Å². The van der Waals surface area contributed by atoms with Crippen molar-refractivity contribution >= 4 is 5.97 Å². The number of aromatic carboxylic acids is 1. The Kier molecular flexibility index (Phi) is 4.30. The summed E-state index contributed by atoms with van der Waals surface area (Å²) in [4.78, 5) is 13.3. The number of rotatable bonds is 7. The highest BCUT2D eigenvalue weighted by Gasteiger charge is 2.33. The van der Waals surface area contributed by atoms with E-state index in [-0.39, 0.29) is 11.8 Å². The minimum atomic E-state index is -1.00. The maximum Gasteiger partial charge on any atom is 0.371 e. The van der Waals surface area contributed by atoms with Gasteiger partial charge in [0.1, 0.15) is 5.76 Å². The van der Waals surface area contributed by atoms with Crippen LogP contribution in [-0.4, -0.2) is 28.6 Å². The fourth-order valence-corrected chi connectivity index (χ4v) is 2.36. The third-order valence-corrected chi connectivity index (χ3v) is 3.73. The Balaban J connectivity index is 2.05. The first-order valence-electron chi connectivity index (χ1n) is 7.07. The van der Waals surface area contributed by atoms with Crippen LogP contribution in [-0.2, 0) is 0 Å². The average molecular weight is 265 g/mol. The molecule has 0 amide bonds. The van der Waals surface area contributed by atoms with Crippen molar-refractivity contribution in [1.82, 2.24) is 4.90 Å². The molecule has 1 heterocycles. The molecular formula is C15H23NO3. The zero-order valence-corrected chi connectivity index (χ0v) is 11.9. The van der Waals surface area contributed by atoms with Gasteiger partial charge in [-0.1, -0.05) is 13.8 Å². The lowest BCUT2D eigenvalue weighted by Crippen LogP contribution is -2.30. The van der Waals surface area contributed by atoms with Gasteiger partial charge in [0.2, 0.25) is 5.76 Å². The molecule has 1 aliphatic rings. The van der Waals surface area contributed by atoms with Gasteiger partial charge >= 0.3 is 5.97 Å². The van der Waals surface area contributed by atoms with E-state index >= 15 is 0 Å². The zero-order chi connectivity index (χ0) is 14.0. The van der Waals surface area contributed by atoms with Crippen LogP contribution < -0.4 is 0 Å². The molecule has 0 saturated heterocycles. The number of carboxylic acid groups (broad SMARTS) is 1. The molecule has 1 unspecified atom stereocenters. The quantitative estimate of drug-likeness (QED) is 0.819. The molecule has 19 heavy (non-hydrogen) atoms. The standard InChI is InChI=1S/C15H23NO3/c1-10(2)8-9-16(12-4-5-12)11(3)13-6-7-14(19-13)15(17)18/h6-7,10-12H,4-5,8-9H2,1-3H3,(H,17,18). The smallest absolute Gasteiger partial charge is 0.371 e. The van der Waals surface area contributed by atoms with Crippen molar-refractivity contribution < 1.29 is 14.3 Å². The summed E-state index contributed by atoms with van der Waals surface area (Å²) in [7, 11) is 0. The van der Waals surface area contributed by atoms with Gasteiger partial charge in [-0.25, -0.2) is 4.79 Å². The van der Waals surface area contributed by atoms with Crippen LogP contribution in [0.5, 0.6) is 0 Å². The highest BCUT2D eigenvalue weighted by atomic mass is 16.4. The second-order valence-electron chi connectivity index (χ2n) is 5.83. The molecule has 106 valence electrons. The summed E-state index contributed by atoms with van der Waals surface area (Å²) in [6.45, 7) is 7.60. The second-order valence-corrected chi connectivity index (χ2v) is 5.83. The summed E-state index contributed by atoms with van der Waals surface area (Å²) in [5, 5.41) is 8.91. The third-order valence-electron chi connectivity index (χ3n) is 3.73. The summed E-state index contributed by atoms with van der Waals surface area (Å²) in [5.41, 5.74) is 0. The second kappa shape index (κ2) is 5.78. The lowest BCUT2D eigenvalue weighted by molar-refractivity contribution is 0.0655. The molecule has 4 nitrogen and oxygen atoms in total. The van der Waals surface area contributed by atoms with Crippen molar-refractivity contribution in [2.24, 2.45) is 5.92 Å². The molecular weight excluding hydrogens is 242 g/mol. The molecule has 0 radical (unpaired) electrons. The van der Waals surface area contributed by atoms with E-state index < -0.39 is 5.97 Å². The van der Waals surface area contributed by atoms with Crippen LogP contribution in [0.3, 0.4) is 0 Å². The largest absolute Gasteiger partial charge is 0.475 e. The Morgan fingerprint density at radius 1 is 1.42 bits per heavy atom. The summed E-state index contributed by atoms with van der Waals surface area (Å²) in [5.74, 6) is 0.466. The van der Waals surface area contributed by atoms with E-state index in [0.29, 0.717) is 12.0 Å². The summed E-state index contributed by atoms with van der Waals surface area (Å²) < 4.78 is 5.43. The van der Waals surface area contributed by atoms with E-state index in [1.165, 1.54) is 12.8 Å². The number of carboxylic acids is 1. The average Bonchev–Trinajstić information content (AvgIpc) is 3.05.